The van der Waals surface area contributed by atoms with Gasteiger partial charge in [-0.1, -0.05) is 13.0 Å². The first-order chi connectivity index (χ1) is 5.61. The Kier molecular flexibility index (Phi) is 5.43. The Morgan fingerprint density at radius 1 is 1.58 bits per heavy atom. The van der Waals surface area contributed by atoms with Gasteiger partial charge in [0, 0.05) is 0 Å². The number of carbonyl (C=O) groups excluding carboxylic acids is 1. The normalized spacial score (nSPS) is 12.7. The molecule has 0 spiro atoms. The van der Waals surface area contributed by atoms with E-state index in [9.17, 15) is 4.79 Å². The summed E-state index contributed by atoms with van der Waals surface area (Å²) in [5.74, 6) is -0.114. The van der Waals surface area contributed by atoms with Gasteiger partial charge in [-0.15, -0.1) is 6.58 Å². The minimum atomic E-state index is -0.104. The van der Waals surface area contributed by atoms with Gasteiger partial charge >= 0.3 is 5.97 Å². The van der Waals surface area contributed by atoms with Crippen molar-refractivity contribution in [3.05, 3.63) is 12.7 Å². The second-order valence-electron chi connectivity index (χ2n) is 3.12. The van der Waals surface area contributed by atoms with Gasteiger partial charge in [0.1, 0.15) is 0 Å². The van der Waals surface area contributed by atoms with Crippen molar-refractivity contribution in [1.82, 2.24) is 0 Å². The van der Waals surface area contributed by atoms with Crippen LogP contribution in [-0.2, 0) is 9.53 Å². The van der Waals surface area contributed by atoms with Crippen molar-refractivity contribution in [2.75, 3.05) is 0 Å². The van der Waals surface area contributed by atoms with E-state index in [1.165, 1.54) is 0 Å². The lowest BCUT2D eigenvalue weighted by atomic mass is 10.0. The van der Waals surface area contributed by atoms with Crippen LogP contribution in [0.1, 0.15) is 33.6 Å². The summed E-state index contributed by atoms with van der Waals surface area (Å²) in [6.07, 6.45) is 3.27. The third kappa shape index (κ3) is 4.16. The Morgan fingerprint density at radius 3 is 2.50 bits per heavy atom. The van der Waals surface area contributed by atoms with Crippen LogP contribution in [0.25, 0.3) is 0 Å². The molecule has 12 heavy (non-hydrogen) atoms. The number of carbonyl (C=O) groups is 1. The van der Waals surface area contributed by atoms with Gasteiger partial charge in [-0.2, -0.15) is 0 Å². The fraction of sp³-hybridized carbons (Fsp3) is 0.700. The van der Waals surface area contributed by atoms with Crippen LogP contribution in [0.15, 0.2) is 12.7 Å². The molecule has 0 aromatic heterocycles. The molecule has 0 rings (SSSR count). The van der Waals surface area contributed by atoms with Gasteiger partial charge < -0.3 is 4.74 Å². The molecule has 0 aliphatic carbocycles. The molecular formula is C10H18O2. The van der Waals surface area contributed by atoms with E-state index in [1.807, 2.05) is 20.8 Å². The Hall–Kier alpha value is -0.790. The van der Waals surface area contributed by atoms with E-state index in [0.29, 0.717) is 6.42 Å². The summed E-state index contributed by atoms with van der Waals surface area (Å²) in [5.41, 5.74) is 0. The molecule has 0 heterocycles. The van der Waals surface area contributed by atoms with Crippen LogP contribution >= 0.6 is 0 Å². The standard InChI is InChI=1S/C10H18O2/c1-5-7-9(6-2)10(11)12-8(3)4/h5,8-9H,1,6-7H2,2-4H3. The Morgan fingerprint density at radius 2 is 2.17 bits per heavy atom. The second-order valence-corrected chi connectivity index (χ2v) is 3.12. The monoisotopic (exact) mass is 170 g/mol. The maximum absolute atomic E-state index is 11.3. The van der Waals surface area contributed by atoms with Crippen molar-refractivity contribution in [1.29, 1.82) is 0 Å². The molecule has 0 amide bonds. The largest absolute Gasteiger partial charge is 0.463 e. The number of allylic oxidation sites excluding steroid dienone is 1. The van der Waals surface area contributed by atoms with E-state index in [0.717, 1.165) is 6.42 Å². The van der Waals surface area contributed by atoms with Crippen LogP contribution < -0.4 is 0 Å². The molecule has 0 aliphatic rings. The summed E-state index contributed by atoms with van der Waals surface area (Å²) >= 11 is 0. The molecule has 1 atom stereocenters. The number of ether oxygens (including phenoxy) is 1. The average molecular weight is 170 g/mol. The van der Waals surface area contributed by atoms with Crippen molar-refractivity contribution >= 4 is 5.97 Å². The number of hydrogen-bond donors (Lipinski definition) is 0. The lowest BCUT2D eigenvalue weighted by molar-refractivity contribution is -0.152. The van der Waals surface area contributed by atoms with E-state index in [4.69, 9.17) is 4.74 Å². The van der Waals surface area contributed by atoms with Crippen LogP contribution in [0.2, 0.25) is 0 Å². The van der Waals surface area contributed by atoms with Crippen LogP contribution in [0, 0.1) is 5.92 Å². The van der Waals surface area contributed by atoms with Crippen LogP contribution in [0.4, 0.5) is 0 Å². The van der Waals surface area contributed by atoms with Gasteiger partial charge in [-0.25, -0.2) is 0 Å². The first kappa shape index (κ1) is 11.2. The third-order valence-corrected chi connectivity index (χ3v) is 1.63. The zero-order valence-electron chi connectivity index (χ0n) is 8.17. The van der Waals surface area contributed by atoms with Gasteiger partial charge in [0.25, 0.3) is 0 Å². The molecular weight excluding hydrogens is 152 g/mol. The lowest BCUT2D eigenvalue weighted by Crippen LogP contribution is -2.20. The smallest absolute Gasteiger partial charge is 0.309 e. The summed E-state index contributed by atoms with van der Waals surface area (Å²) in [5, 5.41) is 0. The topological polar surface area (TPSA) is 26.3 Å². The quantitative estimate of drug-likeness (QED) is 0.468. The molecule has 0 aliphatic heterocycles. The summed E-state index contributed by atoms with van der Waals surface area (Å²) in [6, 6.07) is 0. The number of hydrogen-bond acceptors (Lipinski definition) is 2. The van der Waals surface area contributed by atoms with Gasteiger partial charge in [0.15, 0.2) is 0 Å². The molecule has 2 nitrogen and oxygen atoms in total. The number of esters is 1. The van der Waals surface area contributed by atoms with Crippen molar-refractivity contribution < 1.29 is 9.53 Å². The van der Waals surface area contributed by atoms with Crippen LogP contribution in [-0.4, -0.2) is 12.1 Å². The molecule has 0 aromatic rings. The molecule has 0 aromatic carbocycles. The predicted molar refractivity (Wildman–Crippen MR) is 49.8 cm³/mol. The highest BCUT2D eigenvalue weighted by Crippen LogP contribution is 2.11. The molecule has 0 N–H and O–H groups in total. The molecule has 0 saturated heterocycles. The maximum atomic E-state index is 11.3. The SMILES string of the molecule is C=CCC(CC)C(=O)OC(C)C. The van der Waals surface area contributed by atoms with Gasteiger partial charge in [0.2, 0.25) is 0 Å². The minimum absolute atomic E-state index is 0.00935. The average Bonchev–Trinajstić information content (AvgIpc) is 1.98. The Bertz CT molecular complexity index is 150. The minimum Gasteiger partial charge on any atom is -0.463 e. The fourth-order valence-corrected chi connectivity index (χ4v) is 0.959. The molecule has 70 valence electrons. The zero-order chi connectivity index (χ0) is 9.56. The van der Waals surface area contributed by atoms with Crippen molar-refractivity contribution in [2.45, 2.75) is 39.7 Å². The van der Waals surface area contributed by atoms with E-state index in [2.05, 4.69) is 6.58 Å². The van der Waals surface area contributed by atoms with Gasteiger partial charge in [-0.3, -0.25) is 4.79 Å². The summed E-state index contributed by atoms with van der Waals surface area (Å²) < 4.78 is 5.07. The van der Waals surface area contributed by atoms with E-state index in [-0.39, 0.29) is 18.0 Å². The zero-order valence-corrected chi connectivity index (χ0v) is 8.17. The summed E-state index contributed by atoms with van der Waals surface area (Å²) in [6.45, 7) is 9.30. The second kappa shape index (κ2) is 5.81. The third-order valence-electron chi connectivity index (χ3n) is 1.63. The molecule has 0 bridgehead atoms. The first-order valence-electron chi connectivity index (χ1n) is 4.43. The highest BCUT2D eigenvalue weighted by molar-refractivity contribution is 5.72. The summed E-state index contributed by atoms with van der Waals surface area (Å²) in [4.78, 5) is 11.3. The van der Waals surface area contributed by atoms with Crippen molar-refractivity contribution in [3.63, 3.8) is 0 Å². The van der Waals surface area contributed by atoms with Crippen molar-refractivity contribution in [2.24, 2.45) is 5.92 Å². The Balaban J connectivity index is 3.93. The van der Waals surface area contributed by atoms with Crippen LogP contribution in [0.5, 0.6) is 0 Å². The Labute approximate surface area is 74.6 Å². The van der Waals surface area contributed by atoms with Gasteiger partial charge in [0.05, 0.1) is 12.0 Å². The van der Waals surface area contributed by atoms with Gasteiger partial charge in [-0.05, 0) is 26.7 Å². The predicted octanol–water partition coefficient (Wildman–Crippen LogP) is 2.54. The highest BCUT2D eigenvalue weighted by Gasteiger charge is 2.16. The van der Waals surface area contributed by atoms with E-state index in [1.54, 1.807) is 6.08 Å². The fourth-order valence-electron chi connectivity index (χ4n) is 0.959. The maximum Gasteiger partial charge on any atom is 0.309 e. The molecule has 0 fully saturated rings. The number of rotatable bonds is 5. The molecule has 1 unspecified atom stereocenters. The van der Waals surface area contributed by atoms with E-state index < -0.39 is 0 Å². The summed E-state index contributed by atoms with van der Waals surface area (Å²) in [7, 11) is 0. The molecule has 0 radical (unpaired) electrons. The van der Waals surface area contributed by atoms with E-state index >= 15 is 0 Å². The first-order valence-corrected chi connectivity index (χ1v) is 4.43. The molecule has 2 heteroatoms. The van der Waals surface area contributed by atoms with Crippen LogP contribution in [0.3, 0.4) is 0 Å². The highest BCUT2D eigenvalue weighted by atomic mass is 16.5. The lowest BCUT2D eigenvalue weighted by Gasteiger charge is -2.14. The molecule has 0 saturated carbocycles. The van der Waals surface area contributed by atoms with Crippen molar-refractivity contribution in [3.8, 4) is 0 Å².